The molecule has 2 rings (SSSR count). The summed E-state index contributed by atoms with van der Waals surface area (Å²) in [6, 6.07) is 15.3. The molecule has 0 saturated heterocycles. The number of hydrogen-bond acceptors (Lipinski definition) is 0. The molecule has 0 atom stereocenters. The van der Waals surface area contributed by atoms with Crippen molar-refractivity contribution in [1.82, 2.24) is 0 Å². The summed E-state index contributed by atoms with van der Waals surface area (Å²) in [6.07, 6.45) is 1.34. The van der Waals surface area contributed by atoms with E-state index in [0.29, 0.717) is 0 Å². The molecule has 0 nitrogen and oxygen atoms in total. The second kappa shape index (κ2) is 6.42. The molecule has 104 valence electrons. The topological polar surface area (TPSA) is 0 Å². The summed E-state index contributed by atoms with van der Waals surface area (Å²) in [5.41, 5.74) is 1.44. The smallest absolute Gasteiger partial charge is 0.166 e. The van der Waals surface area contributed by atoms with E-state index in [1.807, 2.05) is 42.5 Å². The molecule has 0 spiro atoms. The van der Waals surface area contributed by atoms with Crippen LogP contribution in [0.1, 0.15) is 23.1 Å². The van der Waals surface area contributed by atoms with Crippen molar-refractivity contribution in [3.8, 4) is 0 Å². The minimum atomic E-state index is -4.26. The van der Waals surface area contributed by atoms with Crippen molar-refractivity contribution >= 4 is 6.08 Å². The Morgan fingerprint density at radius 1 is 0.850 bits per heavy atom. The van der Waals surface area contributed by atoms with E-state index in [-0.39, 0.29) is 0 Å². The van der Waals surface area contributed by atoms with E-state index in [2.05, 4.69) is 0 Å². The zero-order chi connectivity index (χ0) is 14.4. The largest absolute Gasteiger partial charge is 0.416 e. The van der Waals surface area contributed by atoms with Gasteiger partial charge in [-0.05, 0) is 36.1 Å². The summed E-state index contributed by atoms with van der Waals surface area (Å²) in [5, 5.41) is 0. The van der Waals surface area contributed by atoms with Gasteiger partial charge in [0.15, 0.2) is 0 Å². The van der Waals surface area contributed by atoms with E-state index in [1.165, 1.54) is 0 Å². The molecule has 2 aromatic rings. The number of allylic oxidation sites excluding steroid dienone is 1. The number of rotatable bonds is 4. The fourth-order valence-electron chi connectivity index (χ4n) is 1.89. The van der Waals surface area contributed by atoms with Gasteiger partial charge in [-0.25, -0.2) is 0 Å². The third-order valence-electron chi connectivity index (χ3n) is 2.99. The molecule has 2 aromatic carbocycles. The molecule has 0 aromatic heterocycles. The molecule has 0 heterocycles. The molecular weight excluding hydrogens is 261 g/mol. The standard InChI is InChI=1S/C17H15F3/c18-17(19,20)16-12-10-15(11-13-16)9-5-4-8-14-6-2-1-3-7-14/h1-4,6-8,10-13H,5,9H2/b8-4+. The van der Waals surface area contributed by atoms with Gasteiger partial charge in [0.05, 0.1) is 5.56 Å². The molecule has 0 bridgehead atoms. The first kappa shape index (κ1) is 14.4. The summed E-state index contributed by atoms with van der Waals surface area (Å²) >= 11 is 0. The molecule has 0 aliphatic carbocycles. The number of halogens is 3. The predicted molar refractivity (Wildman–Crippen MR) is 75.2 cm³/mol. The van der Waals surface area contributed by atoms with E-state index >= 15 is 0 Å². The van der Waals surface area contributed by atoms with Gasteiger partial charge in [0.2, 0.25) is 0 Å². The van der Waals surface area contributed by atoms with Gasteiger partial charge in [0, 0.05) is 0 Å². The second-order valence-electron chi connectivity index (χ2n) is 4.55. The summed E-state index contributed by atoms with van der Waals surface area (Å²) in [5.74, 6) is 0. The van der Waals surface area contributed by atoms with Crippen molar-refractivity contribution in [3.05, 3.63) is 77.4 Å². The highest BCUT2D eigenvalue weighted by Gasteiger charge is 2.29. The van der Waals surface area contributed by atoms with Crippen molar-refractivity contribution in [1.29, 1.82) is 0 Å². The molecule has 0 N–H and O–H groups in total. The number of alkyl halides is 3. The van der Waals surface area contributed by atoms with E-state index in [0.717, 1.165) is 36.1 Å². The van der Waals surface area contributed by atoms with Crippen molar-refractivity contribution in [2.75, 3.05) is 0 Å². The van der Waals surface area contributed by atoms with Crippen molar-refractivity contribution in [3.63, 3.8) is 0 Å². The number of hydrogen-bond donors (Lipinski definition) is 0. The number of aryl methyl sites for hydroxylation is 1. The van der Waals surface area contributed by atoms with Crippen LogP contribution < -0.4 is 0 Å². The first-order chi connectivity index (χ1) is 9.55. The van der Waals surface area contributed by atoms with Crippen LogP contribution in [0.15, 0.2) is 60.7 Å². The molecule has 0 saturated carbocycles. The second-order valence-corrected chi connectivity index (χ2v) is 4.55. The Kier molecular flexibility index (Phi) is 4.61. The van der Waals surface area contributed by atoms with Crippen LogP contribution in [0.5, 0.6) is 0 Å². The molecule has 0 aliphatic rings. The molecule has 0 radical (unpaired) electrons. The van der Waals surface area contributed by atoms with Crippen LogP contribution in [0.25, 0.3) is 6.08 Å². The van der Waals surface area contributed by atoms with Gasteiger partial charge >= 0.3 is 6.18 Å². The summed E-state index contributed by atoms with van der Waals surface area (Å²) in [4.78, 5) is 0. The Labute approximate surface area is 116 Å². The molecular formula is C17H15F3. The van der Waals surface area contributed by atoms with Crippen LogP contribution in [0.4, 0.5) is 13.2 Å². The Balaban J connectivity index is 1.87. The Morgan fingerprint density at radius 3 is 2.10 bits per heavy atom. The quantitative estimate of drug-likeness (QED) is 0.706. The highest BCUT2D eigenvalue weighted by atomic mass is 19.4. The zero-order valence-corrected chi connectivity index (χ0v) is 10.9. The zero-order valence-electron chi connectivity index (χ0n) is 10.9. The third kappa shape index (κ3) is 4.26. The summed E-state index contributed by atoms with van der Waals surface area (Å²) in [6.45, 7) is 0. The van der Waals surface area contributed by atoms with Crippen LogP contribution in [-0.2, 0) is 12.6 Å². The third-order valence-corrected chi connectivity index (χ3v) is 2.99. The molecule has 0 aliphatic heterocycles. The Bertz CT molecular complexity index is 551. The van der Waals surface area contributed by atoms with E-state index < -0.39 is 11.7 Å². The molecule has 0 fully saturated rings. The molecule has 3 heteroatoms. The van der Waals surface area contributed by atoms with Crippen LogP contribution in [-0.4, -0.2) is 0 Å². The summed E-state index contributed by atoms with van der Waals surface area (Å²) < 4.78 is 37.2. The minimum absolute atomic E-state index is 0.596. The summed E-state index contributed by atoms with van der Waals surface area (Å²) in [7, 11) is 0. The lowest BCUT2D eigenvalue weighted by Gasteiger charge is -2.06. The lowest BCUT2D eigenvalue weighted by atomic mass is 10.1. The monoisotopic (exact) mass is 276 g/mol. The molecule has 20 heavy (non-hydrogen) atoms. The van der Waals surface area contributed by atoms with Gasteiger partial charge in [-0.15, -0.1) is 0 Å². The van der Waals surface area contributed by atoms with Crippen LogP contribution in [0.2, 0.25) is 0 Å². The normalized spacial score (nSPS) is 11.9. The van der Waals surface area contributed by atoms with Crippen molar-refractivity contribution < 1.29 is 13.2 Å². The van der Waals surface area contributed by atoms with Crippen molar-refractivity contribution in [2.24, 2.45) is 0 Å². The van der Waals surface area contributed by atoms with E-state index in [4.69, 9.17) is 0 Å². The molecule has 0 amide bonds. The highest BCUT2D eigenvalue weighted by Crippen LogP contribution is 2.29. The van der Waals surface area contributed by atoms with Gasteiger partial charge in [-0.3, -0.25) is 0 Å². The van der Waals surface area contributed by atoms with E-state index in [9.17, 15) is 13.2 Å². The van der Waals surface area contributed by atoms with Crippen molar-refractivity contribution in [2.45, 2.75) is 19.0 Å². The Morgan fingerprint density at radius 2 is 1.50 bits per heavy atom. The maximum absolute atomic E-state index is 12.4. The van der Waals surface area contributed by atoms with Gasteiger partial charge in [0.1, 0.15) is 0 Å². The van der Waals surface area contributed by atoms with Gasteiger partial charge < -0.3 is 0 Å². The van der Waals surface area contributed by atoms with Crippen LogP contribution in [0.3, 0.4) is 0 Å². The maximum atomic E-state index is 12.4. The lowest BCUT2D eigenvalue weighted by molar-refractivity contribution is -0.137. The SMILES string of the molecule is FC(F)(F)c1ccc(CC/C=C/c2ccccc2)cc1. The average molecular weight is 276 g/mol. The maximum Gasteiger partial charge on any atom is 0.416 e. The fraction of sp³-hybridized carbons (Fsp3) is 0.176. The molecule has 0 unspecified atom stereocenters. The lowest BCUT2D eigenvalue weighted by Crippen LogP contribution is -2.04. The van der Waals surface area contributed by atoms with Gasteiger partial charge in [-0.1, -0.05) is 54.6 Å². The average Bonchev–Trinajstić information content (AvgIpc) is 2.44. The fourth-order valence-corrected chi connectivity index (χ4v) is 1.89. The number of benzene rings is 2. The highest BCUT2D eigenvalue weighted by molar-refractivity contribution is 5.48. The van der Waals surface area contributed by atoms with Gasteiger partial charge in [0.25, 0.3) is 0 Å². The van der Waals surface area contributed by atoms with Crippen LogP contribution >= 0.6 is 0 Å². The Hall–Kier alpha value is -2.03. The first-order valence-corrected chi connectivity index (χ1v) is 6.43. The minimum Gasteiger partial charge on any atom is -0.166 e. The predicted octanol–water partition coefficient (Wildman–Crippen LogP) is 5.35. The van der Waals surface area contributed by atoms with Crippen LogP contribution in [0, 0.1) is 0 Å². The van der Waals surface area contributed by atoms with E-state index in [1.54, 1.807) is 12.1 Å². The van der Waals surface area contributed by atoms with Gasteiger partial charge in [-0.2, -0.15) is 13.2 Å². The first-order valence-electron chi connectivity index (χ1n) is 6.43.